The van der Waals surface area contributed by atoms with Gasteiger partial charge in [-0.25, -0.2) is 9.59 Å². The number of rotatable bonds is 10. The fraction of sp³-hybridized carbons (Fsp3) is 0.235. The van der Waals surface area contributed by atoms with E-state index in [1.165, 1.54) is 12.1 Å². The number of amides is 2. The lowest BCUT2D eigenvalue weighted by Gasteiger charge is -2.19. The number of aromatic hydroxyl groups is 2. The summed E-state index contributed by atoms with van der Waals surface area (Å²) in [6, 6.07) is 23.9. The number of phenolic OH excluding ortho intramolecular Hbond substituents is 2. The molecule has 0 spiro atoms. The van der Waals surface area contributed by atoms with Gasteiger partial charge in [-0.1, -0.05) is 121 Å². The SMILES string of the molecule is CCC(NC(=O)OCc1ccccc1)c1cc(Cl)cc(Cl)c1O.CC[C@H](NC(=O)OCc1ccccc1)c1cc(Cl)cc(Cl)c1O. The normalized spacial score (nSPS) is 11.8. The van der Waals surface area contributed by atoms with Gasteiger partial charge in [-0.2, -0.15) is 0 Å². The smallest absolute Gasteiger partial charge is 0.407 e. The van der Waals surface area contributed by atoms with E-state index >= 15 is 0 Å². The molecular formula is C34H34Cl4N2O6. The quantitative estimate of drug-likeness (QED) is 0.130. The van der Waals surface area contributed by atoms with Crippen molar-refractivity contribution in [3.63, 3.8) is 0 Å². The van der Waals surface area contributed by atoms with Gasteiger partial charge in [0, 0.05) is 21.2 Å². The highest BCUT2D eigenvalue weighted by Crippen LogP contribution is 2.37. The molecule has 0 aromatic heterocycles. The third-order valence-electron chi connectivity index (χ3n) is 6.69. The van der Waals surface area contributed by atoms with Crippen LogP contribution in [0.1, 0.15) is 61.0 Å². The largest absolute Gasteiger partial charge is 0.506 e. The molecule has 244 valence electrons. The van der Waals surface area contributed by atoms with Crippen LogP contribution >= 0.6 is 46.4 Å². The zero-order chi connectivity index (χ0) is 33.6. The van der Waals surface area contributed by atoms with Crippen molar-refractivity contribution in [1.82, 2.24) is 10.6 Å². The predicted octanol–water partition coefficient (Wildman–Crippen LogP) is 10.2. The molecule has 1 unspecified atom stereocenters. The Balaban J connectivity index is 0.000000250. The maximum atomic E-state index is 12.0. The minimum atomic E-state index is -0.573. The molecule has 0 saturated carbocycles. The molecule has 4 aromatic carbocycles. The van der Waals surface area contributed by atoms with Gasteiger partial charge in [0.15, 0.2) is 0 Å². The topological polar surface area (TPSA) is 117 Å². The maximum absolute atomic E-state index is 12.0. The van der Waals surface area contributed by atoms with Gasteiger partial charge in [0.1, 0.15) is 24.7 Å². The summed E-state index contributed by atoms with van der Waals surface area (Å²) in [6.07, 6.45) is -0.0533. The highest BCUT2D eigenvalue weighted by atomic mass is 35.5. The molecular weight excluding hydrogens is 674 g/mol. The summed E-state index contributed by atoms with van der Waals surface area (Å²) in [6.45, 7) is 4.09. The van der Waals surface area contributed by atoms with Gasteiger partial charge in [0.05, 0.1) is 22.1 Å². The number of carbonyl (C=O) groups excluding carboxylic acids is 2. The van der Waals surface area contributed by atoms with E-state index in [1.807, 2.05) is 74.5 Å². The maximum Gasteiger partial charge on any atom is 0.407 e. The molecule has 0 aliphatic heterocycles. The number of phenols is 2. The molecule has 0 fully saturated rings. The minimum Gasteiger partial charge on any atom is -0.506 e. The van der Waals surface area contributed by atoms with Crippen LogP contribution in [0.3, 0.4) is 0 Å². The first kappa shape index (κ1) is 36.6. The van der Waals surface area contributed by atoms with E-state index in [2.05, 4.69) is 10.6 Å². The van der Waals surface area contributed by atoms with Crippen LogP contribution in [0.2, 0.25) is 20.1 Å². The highest BCUT2D eigenvalue weighted by Gasteiger charge is 2.21. The van der Waals surface area contributed by atoms with E-state index in [0.717, 1.165) is 11.1 Å². The van der Waals surface area contributed by atoms with Crippen molar-refractivity contribution in [3.05, 3.63) is 127 Å². The van der Waals surface area contributed by atoms with Crippen LogP contribution < -0.4 is 10.6 Å². The second kappa shape index (κ2) is 18.4. The van der Waals surface area contributed by atoms with Gasteiger partial charge in [0.2, 0.25) is 0 Å². The molecule has 4 N–H and O–H groups in total. The number of benzene rings is 4. The van der Waals surface area contributed by atoms with Crippen LogP contribution in [0.15, 0.2) is 84.9 Å². The predicted molar refractivity (Wildman–Crippen MR) is 182 cm³/mol. The number of halogens is 4. The Bertz CT molecular complexity index is 1470. The van der Waals surface area contributed by atoms with Crippen molar-refractivity contribution < 1.29 is 29.3 Å². The number of hydrogen-bond acceptors (Lipinski definition) is 6. The summed E-state index contributed by atoms with van der Waals surface area (Å²) in [7, 11) is 0. The van der Waals surface area contributed by atoms with Gasteiger partial charge < -0.3 is 30.3 Å². The van der Waals surface area contributed by atoms with E-state index in [1.54, 1.807) is 12.1 Å². The molecule has 0 heterocycles. The number of ether oxygens (including phenoxy) is 2. The number of nitrogens with one attached hydrogen (secondary N) is 2. The minimum absolute atomic E-state index is 0.0914. The number of hydrogen-bond donors (Lipinski definition) is 4. The molecule has 4 rings (SSSR count). The Morgan fingerprint density at radius 3 is 1.30 bits per heavy atom. The second-order valence-electron chi connectivity index (χ2n) is 9.98. The summed E-state index contributed by atoms with van der Waals surface area (Å²) in [5.74, 6) is -0.183. The standard InChI is InChI=1S/2C17H17Cl2NO3/c2*1-2-15(13-8-12(18)9-14(19)16(13)21)20-17(22)23-10-11-6-4-3-5-7-11/h2*3-9,15,21H,2,10H2,1H3,(H,20,22)/t15-;/m0./s1. The van der Waals surface area contributed by atoms with Crippen LogP contribution in [-0.2, 0) is 22.7 Å². The van der Waals surface area contributed by atoms with Crippen LogP contribution in [0.4, 0.5) is 9.59 Å². The van der Waals surface area contributed by atoms with Gasteiger partial charge in [-0.15, -0.1) is 0 Å². The van der Waals surface area contributed by atoms with Crippen molar-refractivity contribution in [2.24, 2.45) is 0 Å². The summed E-state index contributed by atoms with van der Waals surface area (Å²) >= 11 is 23.8. The van der Waals surface area contributed by atoms with E-state index in [9.17, 15) is 19.8 Å². The van der Waals surface area contributed by atoms with E-state index in [4.69, 9.17) is 55.9 Å². The summed E-state index contributed by atoms with van der Waals surface area (Å²) in [5, 5.41) is 26.6. The monoisotopic (exact) mass is 706 g/mol. The average molecular weight is 708 g/mol. The van der Waals surface area contributed by atoms with Gasteiger partial charge in [-0.05, 0) is 48.2 Å². The molecule has 0 radical (unpaired) electrons. The lowest BCUT2D eigenvalue weighted by Crippen LogP contribution is -2.28. The van der Waals surface area contributed by atoms with Crippen LogP contribution in [0.5, 0.6) is 11.5 Å². The van der Waals surface area contributed by atoms with Crippen molar-refractivity contribution >= 4 is 58.6 Å². The molecule has 8 nitrogen and oxygen atoms in total. The first-order valence-corrected chi connectivity index (χ1v) is 15.8. The Kier molecular flexibility index (Phi) is 14.6. The molecule has 0 aliphatic carbocycles. The highest BCUT2D eigenvalue weighted by molar-refractivity contribution is 6.36. The lowest BCUT2D eigenvalue weighted by molar-refractivity contribution is 0.134. The van der Waals surface area contributed by atoms with Crippen molar-refractivity contribution in [1.29, 1.82) is 0 Å². The third-order valence-corrected chi connectivity index (χ3v) is 7.70. The first-order valence-electron chi connectivity index (χ1n) is 14.3. The zero-order valence-electron chi connectivity index (χ0n) is 25.1. The summed E-state index contributed by atoms with van der Waals surface area (Å²) in [4.78, 5) is 23.9. The Labute approximate surface area is 288 Å². The molecule has 0 bridgehead atoms. The second-order valence-corrected chi connectivity index (χ2v) is 11.7. The molecule has 4 aromatic rings. The summed E-state index contributed by atoms with van der Waals surface area (Å²) < 4.78 is 10.4. The first-order chi connectivity index (χ1) is 22.0. The van der Waals surface area contributed by atoms with Crippen LogP contribution in [0.25, 0.3) is 0 Å². The molecule has 2 amide bonds. The molecule has 0 saturated heterocycles. The molecule has 46 heavy (non-hydrogen) atoms. The number of alkyl carbamates (subject to hydrolysis) is 2. The van der Waals surface area contributed by atoms with E-state index in [0.29, 0.717) is 34.0 Å². The van der Waals surface area contributed by atoms with Crippen molar-refractivity contribution in [3.8, 4) is 11.5 Å². The van der Waals surface area contributed by atoms with Crippen LogP contribution in [-0.4, -0.2) is 22.4 Å². The zero-order valence-corrected chi connectivity index (χ0v) is 28.1. The molecule has 2 atom stereocenters. The molecule has 0 aliphatic rings. The fourth-order valence-corrected chi connectivity index (χ4v) is 5.33. The van der Waals surface area contributed by atoms with Gasteiger partial charge >= 0.3 is 12.2 Å². The van der Waals surface area contributed by atoms with Crippen molar-refractivity contribution in [2.45, 2.75) is 52.0 Å². The number of carbonyl (C=O) groups is 2. The Morgan fingerprint density at radius 2 is 0.978 bits per heavy atom. The van der Waals surface area contributed by atoms with Gasteiger partial charge in [0.25, 0.3) is 0 Å². The Hall–Kier alpha value is -3.82. The van der Waals surface area contributed by atoms with Gasteiger partial charge in [-0.3, -0.25) is 0 Å². The third kappa shape index (κ3) is 11.2. The van der Waals surface area contributed by atoms with Crippen molar-refractivity contribution in [2.75, 3.05) is 0 Å². The molecule has 12 heteroatoms. The lowest BCUT2D eigenvalue weighted by atomic mass is 10.0. The summed E-state index contributed by atoms with van der Waals surface area (Å²) in [5.41, 5.74) is 2.71. The fourth-order valence-electron chi connectivity index (χ4n) is 4.32. The average Bonchev–Trinajstić information content (AvgIpc) is 3.05. The Morgan fingerprint density at radius 1 is 0.630 bits per heavy atom. The van der Waals surface area contributed by atoms with Crippen LogP contribution in [0, 0.1) is 0 Å². The van der Waals surface area contributed by atoms with E-state index in [-0.39, 0.29) is 34.8 Å². The van der Waals surface area contributed by atoms with E-state index < -0.39 is 24.3 Å².